The van der Waals surface area contributed by atoms with Crippen LogP contribution in [0, 0.1) is 0 Å². The Morgan fingerprint density at radius 3 is 2.41 bits per heavy atom. The molecular formula is C26H32Cl2F3N3O3. The predicted molar refractivity (Wildman–Crippen MR) is 143 cm³/mol. The number of nitrogens with zero attached hydrogens (tertiary/aromatic N) is 3. The van der Waals surface area contributed by atoms with Crippen molar-refractivity contribution in [2.75, 3.05) is 51.3 Å². The summed E-state index contributed by atoms with van der Waals surface area (Å²) < 4.78 is 51.6. The Bertz CT molecular complexity index is 1180. The molecule has 0 saturated carbocycles. The minimum atomic E-state index is -4.34. The van der Waals surface area contributed by atoms with Gasteiger partial charge in [-0.15, -0.1) is 24.8 Å². The first-order valence-corrected chi connectivity index (χ1v) is 11.7. The molecule has 11 heteroatoms. The molecule has 3 aromatic rings. The molecule has 2 heterocycles. The second-order valence-electron chi connectivity index (χ2n) is 8.60. The largest absolute Gasteiger partial charge is 0.497 e. The number of halogens is 5. The Kier molecular flexibility index (Phi) is 11.0. The Balaban J connectivity index is 0.00000241. The minimum absolute atomic E-state index is 0. The SMILES string of the molecule is CCOC(=O)Cn1cc(CCN2CCN(c3cccc(C(F)(F)F)c3)CC2)c2cc(OC)ccc21.Cl.Cl. The summed E-state index contributed by atoms with van der Waals surface area (Å²) in [4.78, 5) is 16.4. The van der Waals surface area contributed by atoms with Crippen molar-refractivity contribution in [2.45, 2.75) is 26.1 Å². The molecule has 1 fully saturated rings. The molecule has 0 atom stereocenters. The predicted octanol–water partition coefficient (Wildman–Crippen LogP) is 5.44. The van der Waals surface area contributed by atoms with Gasteiger partial charge in [0, 0.05) is 55.5 Å². The van der Waals surface area contributed by atoms with Crippen molar-refractivity contribution in [1.82, 2.24) is 9.47 Å². The molecule has 1 aromatic heterocycles. The van der Waals surface area contributed by atoms with Gasteiger partial charge < -0.3 is 18.9 Å². The fourth-order valence-corrected chi connectivity index (χ4v) is 4.54. The lowest BCUT2D eigenvalue weighted by atomic mass is 10.1. The molecule has 204 valence electrons. The van der Waals surface area contributed by atoms with Gasteiger partial charge in [-0.3, -0.25) is 9.69 Å². The summed E-state index contributed by atoms with van der Waals surface area (Å²) >= 11 is 0. The van der Waals surface area contributed by atoms with E-state index >= 15 is 0 Å². The fraction of sp³-hybridized carbons (Fsp3) is 0.423. The van der Waals surface area contributed by atoms with Gasteiger partial charge in [0.1, 0.15) is 12.3 Å². The molecule has 1 aliphatic rings. The maximum Gasteiger partial charge on any atom is 0.416 e. The zero-order chi connectivity index (χ0) is 25.0. The number of alkyl halides is 3. The van der Waals surface area contributed by atoms with Crippen LogP contribution < -0.4 is 9.64 Å². The molecule has 0 N–H and O–H groups in total. The van der Waals surface area contributed by atoms with Crippen molar-refractivity contribution in [3.05, 3.63) is 59.8 Å². The van der Waals surface area contributed by atoms with E-state index in [1.54, 1.807) is 20.1 Å². The number of aromatic nitrogens is 1. The highest BCUT2D eigenvalue weighted by Gasteiger charge is 2.31. The summed E-state index contributed by atoms with van der Waals surface area (Å²) in [6.45, 7) is 5.94. The van der Waals surface area contributed by atoms with Gasteiger partial charge in [0.2, 0.25) is 0 Å². The van der Waals surface area contributed by atoms with E-state index in [2.05, 4.69) is 4.90 Å². The lowest BCUT2D eigenvalue weighted by Crippen LogP contribution is -2.47. The number of esters is 1. The van der Waals surface area contributed by atoms with Crippen LogP contribution in [-0.4, -0.2) is 61.9 Å². The van der Waals surface area contributed by atoms with E-state index in [1.807, 2.05) is 33.9 Å². The second-order valence-corrected chi connectivity index (χ2v) is 8.60. The molecule has 1 aliphatic heterocycles. The van der Waals surface area contributed by atoms with E-state index in [4.69, 9.17) is 9.47 Å². The quantitative estimate of drug-likeness (QED) is 0.343. The number of ether oxygens (including phenoxy) is 2. The highest BCUT2D eigenvalue weighted by atomic mass is 35.5. The molecule has 0 unspecified atom stereocenters. The normalized spacial score (nSPS) is 14.1. The summed E-state index contributed by atoms with van der Waals surface area (Å²) in [5, 5.41) is 1.04. The van der Waals surface area contributed by atoms with Crippen molar-refractivity contribution in [1.29, 1.82) is 0 Å². The molecule has 0 spiro atoms. The van der Waals surface area contributed by atoms with Crippen LogP contribution in [0.5, 0.6) is 5.75 Å². The topological polar surface area (TPSA) is 46.9 Å². The van der Waals surface area contributed by atoms with Gasteiger partial charge >= 0.3 is 12.1 Å². The van der Waals surface area contributed by atoms with Crippen molar-refractivity contribution >= 4 is 47.4 Å². The first kappa shape index (κ1) is 30.6. The Hall–Kier alpha value is -2.62. The number of hydrogen-bond acceptors (Lipinski definition) is 5. The van der Waals surface area contributed by atoms with Crippen LogP contribution in [0.25, 0.3) is 10.9 Å². The first-order valence-electron chi connectivity index (χ1n) is 11.7. The lowest BCUT2D eigenvalue weighted by Gasteiger charge is -2.36. The fourth-order valence-electron chi connectivity index (χ4n) is 4.54. The summed E-state index contributed by atoms with van der Waals surface area (Å²) in [5.74, 6) is 0.472. The summed E-state index contributed by atoms with van der Waals surface area (Å²) in [6, 6.07) is 11.3. The van der Waals surface area contributed by atoms with Crippen molar-refractivity contribution in [3.8, 4) is 5.75 Å². The van der Waals surface area contributed by atoms with Gasteiger partial charge in [0.05, 0.1) is 19.3 Å². The Morgan fingerprint density at radius 1 is 1.03 bits per heavy atom. The van der Waals surface area contributed by atoms with Gasteiger partial charge in [-0.25, -0.2) is 0 Å². The molecule has 4 rings (SSSR count). The smallest absolute Gasteiger partial charge is 0.416 e. The number of methoxy groups -OCH3 is 1. The summed E-state index contributed by atoms with van der Waals surface area (Å²) in [6.07, 6.45) is -1.56. The average molecular weight is 562 g/mol. The zero-order valence-corrected chi connectivity index (χ0v) is 22.4. The molecule has 0 bridgehead atoms. The van der Waals surface area contributed by atoms with Crippen LogP contribution in [0.3, 0.4) is 0 Å². The number of anilines is 1. The van der Waals surface area contributed by atoms with E-state index in [0.717, 1.165) is 54.3 Å². The standard InChI is InChI=1S/C26H30F3N3O3.2ClH/c1-3-35-25(33)18-32-17-19(23-16-22(34-2)7-8-24(23)32)9-10-30-11-13-31(14-12-30)21-6-4-5-20(15-21)26(27,28)29;;/h4-8,15-17H,3,9-14,18H2,1-2H3;2*1H. The Labute approximate surface area is 227 Å². The highest BCUT2D eigenvalue weighted by molar-refractivity contribution is 5.87. The molecule has 0 aliphatic carbocycles. The van der Waals surface area contributed by atoms with Gasteiger partial charge in [-0.05, 0) is 55.3 Å². The van der Waals surface area contributed by atoms with Gasteiger partial charge in [-0.2, -0.15) is 13.2 Å². The molecule has 2 aromatic carbocycles. The number of carbonyl (C=O) groups is 1. The van der Waals surface area contributed by atoms with E-state index in [9.17, 15) is 18.0 Å². The average Bonchev–Trinajstić information content (AvgIpc) is 3.19. The number of hydrogen-bond donors (Lipinski definition) is 0. The minimum Gasteiger partial charge on any atom is -0.497 e. The van der Waals surface area contributed by atoms with E-state index < -0.39 is 11.7 Å². The van der Waals surface area contributed by atoms with E-state index in [1.165, 1.54) is 12.1 Å². The lowest BCUT2D eigenvalue weighted by molar-refractivity contribution is -0.143. The third-order valence-corrected chi connectivity index (χ3v) is 6.38. The molecule has 1 saturated heterocycles. The number of fused-ring (bicyclic) bond motifs is 1. The highest BCUT2D eigenvalue weighted by Crippen LogP contribution is 2.32. The Morgan fingerprint density at radius 2 is 1.76 bits per heavy atom. The van der Waals surface area contributed by atoms with Gasteiger partial charge in [0.15, 0.2) is 0 Å². The maximum atomic E-state index is 13.1. The van der Waals surface area contributed by atoms with Crippen molar-refractivity contribution < 1.29 is 27.4 Å². The van der Waals surface area contributed by atoms with Crippen LogP contribution >= 0.6 is 24.8 Å². The van der Waals surface area contributed by atoms with Gasteiger partial charge in [-0.1, -0.05) is 6.07 Å². The van der Waals surface area contributed by atoms with E-state index in [-0.39, 0.29) is 37.3 Å². The van der Waals surface area contributed by atoms with E-state index in [0.29, 0.717) is 25.4 Å². The molecule has 6 nitrogen and oxygen atoms in total. The van der Waals surface area contributed by atoms with Crippen LogP contribution in [0.4, 0.5) is 18.9 Å². The third-order valence-electron chi connectivity index (χ3n) is 6.38. The third kappa shape index (κ3) is 7.46. The van der Waals surface area contributed by atoms with Crippen molar-refractivity contribution in [2.24, 2.45) is 0 Å². The van der Waals surface area contributed by atoms with Crippen LogP contribution in [0.1, 0.15) is 18.1 Å². The molecule has 0 amide bonds. The van der Waals surface area contributed by atoms with Crippen LogP contribution in [0.15, 0.2) is 48.7 Å². The molecule has 0 radical (unpaired) electrons. The van der Waals surface area contributed by atoms with Gasteiger partial charge in [0.25, 0.3) is 0 Å². The molecule has 37 heavy (non-hydrogen) atoms. The van der Waals surface area contributed by atoms with Crippen LogP contribution in [0.2, 0.25) is 0 Å². The first-order chi connectivity index (χ1) is 16.8. The molecular weight excluding hydrogens is 530 g/mol. The summed E-state index contributed by atoms with van der Waals surface area (Å²) in [5.41, 5.74) is 2.05. The number of carbonyl (C=O) groups excluding carboxylic acids is 1. The number of rotatable bonds is 8. The monoisotopic (exact) mass is 561 g/mol. The van der Waals surface area contributed by atoms with Crippen LogP contribution in [-0.2, 0) is 28.7 Å². The number of benzene rings is 2. The number of piperazine rings is 1. The zero-order valence-electron chi connectivity index (χ0n) is 20.8. The second kappa shape index (κ2) is 13.3. The van der Waals surface area contributed by atoms with Crippen molar-refractivity contribution in [3.63, 3.8) is 0 Å². The maximum absolute atomic E-state index is 13.1. The summed E-state index contributed by atoms with van der Waals surface area (Å²) in [7, 11) is 1.63.